The van der Waals surface area contributed by atoms with Crippen LogP contribution in [0.25, 0.3) is 11.4 Å². The monoisotopic (exact) mass is 329 g/mol. The average Bonchev–Trinajstić information content (AvgIpc) is 3.16. The Balaban J connectivity index is 1.68. The maximum absolute atomic E-state index is 11.9. The molecule has 0 atom stereocenters. The molecule has 1 N–H and O–H groups in total. The minimum Gasteiger partial charge on any atom is -0.363 e. The van der Waals surface area contributed by atoms with Gasteiger partial charge in [-0.2, -0.15) is 0 Å². The first-order chi connectivity index (χ1) is 11.1. The molecule has 0 fully saturated rings. The summed E-state index contributed by atoms with van der Waals surface area (Å²) in [7, 11) is 1.89. The van der Waals surface area contributed by atoms with Crippen LogP contribution in [0.3, 0.4) is 0 Å². The number of aryl methyl sites for hydroxylation is 1. The molecule has 8 heteroatoms. The first-order valence-electron chi connectivity index (χ1n) is 6.93. The smallest absolute Gasteiger partial charge is 0.236 e. The molecule has 7 nitrogen and oxygen atoms in total. The summed E-state index contributed by atoms with van der Waals surface area (Å²) in [6.45, 7) is 2.03. The van der Waals surface area contributed by atoms with E-state index in [0.717, 1.165) is 17.0 Å². The first-order valence-corrected chi connectivity index (χ1v) is 7.92. The van der Waals surface area contributed by atoms with Gasteiger partial charge in [0.25, 0.3) is 0 Å². The van der Waals surface area contributed by atoms with E-state index in [4.69, 9.17) is 0 Å². The highest BCUT2D eigenvalue weighted by Crippen LogP contribution is 2.24. The van der Waals surface area contributed by atoms with Gasteiger partial charge >= 0.3 is 0 Å². The van der Waals surface area contributed by atoms with Crippen LogP contribution < -0.4 is 5.32 Å². The summed E-state index contributed by atoms with van der Waals surface area (Å²) in [5.74, 6) is 1.22. The van der Waals surface area contributed by atoms with Gasteiger partial charge in [0.1, 0.15) is 6.26 Å². The van der Waals surface area contributed by atoms with Crippen LogP contribution in [0, 0.1) is 6.92 Å². The second-order valence-electron chi connectivity index (χ2n) is 4.90. The van der Waals surface area contributed by atoms with E-state index in [0.29, 0.717) is 11.0 Å². The Bertz CT molecular complexity index is 813. The average molecular weight is 329 g/mol. The third kappa shape index (κ3) is 3.42. The highest BCUT2D eigenvalue weighted by atomic mass is 32.2. The molecule has 1 aromatic carbocycles. The van der Waals surface area contributed by atoms with Crippen LogP contribution in [0.2, 0.25) is 0 Å². The number of hydrogen-bond acceptors (Lipinski definition) is 6. The van der Waals surface area contributed by atoms with Crippen molar-refractivity contribution in [1.29, 1.82) is 0 Å². The van der Waals surface area contributed by atoms with E-state index < -0.39 is 0 Å². The van der Waals surface area contributed by atoms with Crippen LogP contribution in [0.1, 0.15) is 5.56 Å². The van der Waals surface area contributed by atoms with Crippen LogP contribution >= 0.6 is 11.8 Å². The van der Waals surface area contributed by atoms with Gasteiger partial charge in [-0.1, -0.05) is 41.2 Å². The Morgan fingerprint density at radius 2 is 2.13 bits per heavy atom. The summed E-state index contributed by atoms with van der Waals surface area (Å²) in [6, 6.07) is 9.57. The van der Waals surface area contributed by atoms with Crippen molar-refractivity contribution in [2.45, 2.75) is 12.1 Å². The second kappa shape index (κ2) is 6.66. The van der Waals surface area contributed by atoms with Crippen LogP contribution in [0.5, 0.6) is 0 Å². The van der Waals surface area contributed by atoms with Crippen molar-refractivity contribution in [3.05, 3.63) is 42.2 Å². The number of thioether (sulfide) groups is 1. The lowest BCUT2D eigenvalue weighted by Gasteiger charge is -2.06. The molecule has 3 rings (SSSR count). The quantitative estimate of drug-likeness (QED) is 0.724. The summed E-state index contributed by atoms with van der Waals surface area (Å²) in [6.07, 6.45) is 1.40. The first kappa shape index (κ1) is 15.3. The summed E-state index contributed by atoms with van der Waals surface area (Å²) in [5.41, 5.74) is 2.16. The highest BCUT2D eigenvalue weighted by Gasteiger charge is 2.14. The number of hydrogen-bond donors (Lipinski definition) is 1. The molecule has 0 unspecified atom stereocenters. The Labute approximate surface area is 137 Å². The number of rotatable bonds is 5. The van der Waals surface area contributed by atoms with E-state index in [1.165, 1.54) is 18.0 Å². The molecule has 0 aliphatic heterocycles. The van der Waals surface area contributed by atoms with Crippen LogP contribution in [0.15, 0.2) is 46.3 Å². The van der Waals surface area contributed by atoms with Gasteiger partial charge in [-0.3, -0.25) is 4.79 Å². The standard InChI is InChI=1S/C15H15N5O2S/c1-10-5-3-4-6-11(10)14-17-18-15(20(14)2)23-9-13(21)16-12-7-8-22-19-12/h3-8H,9H2,1-2H3,(H,16,19,21). The van der Waals surface area contributed by atoms with Gasteiger partial charge in [0.2, 0.25) is 5.91 Å². The predicted octanol–water partition coefficient (Wildman–Crippen LogP) is 2.51. The molecular weight excluding hydrogens is 314 g/mol. The molecule has 1 amide bonds. The lowest BCUT2D eigenvalue weighted by Crippen LogP contribution is -2.14. The number of aromatic nitrogens is 4. The van der Waals surface area contributed by atoms with Gasteiger partial charge in [0.15, 0.2) is 16.8 Å². The Morgan fingerprint density at radius 1 is 1.30 bits per heavy atom. The zero-order valence-corrected chi connectivity index (χ0v) is 13.5. The van der Waals surface area contributed by atoms with Crippen molar-refractivity contribution in [3.63, 3.8) is 0 Å². The number of nitrogens with zero attached hydrogens (tertiary/aromatic N) is 4. The second-order valence-corrected chi connectivity index (χ2v) is 5.84. The Hall–Kier alpha value is -2.61. The molecule has 0 saturated carbocycles. The normalized spacial score (nSPS) is 10.7. The fourth-order valence-corrected chi connectivity index (χ4v) is 2.80. The van der Waals surface area contributed by atoms with Crippen molar-refractivity contribution in [2.24, 2.45) is 7.05 Å². The maximum Gasteiger partial charge on any atom is 0.236 e. The summed E-state index contributed by atoms with van der Waals surface area (Å²) in [4.78, 5) is 11.9. The summed E-state index contributed by atoms with van der Waals surface area (Å²) in [5, 5.41) is 15.3. The molecular formula is C15H15N5O2S. The summed E-state index contributed by atoms with van der Waals surface area (Å²) >= 11 is 1.32. The molecule has 0 saturated heterocycles. The minimum atomic E-state index is -0.177. The predicted molar refractivity (Wildman–Crippen MR) is 87.0 cm³/mol. The Kier molecular flexibility index (Phi) is 4.42. The van der Waals surface area contributed by atoms with Crippen molar-refractivity contribution < 1.29 is 9.32 Å². The van der Waals surface area contributed by atoms with E-state index in [-0.39, 0.29) is 11.7 Å². The van der Waals surface area contributed by atoms with Gasteiger partial charge in [-0.25, -0.2) is 0 Å². The zero-order valence-electron chi connectivity index (χ0n) is 12.7. The fraction of sp³-hybridized carbons (Fsp3) is 0.200. The molecule has 0 bridgehead atoms. The van der Waals surface area contributed by atoms with Crippen LogP contribution in [-0.4, -0.2) is 31.6 Å². The van der Waals surface area contributed by atoms with Crippen LogP contribution in [0.4, 0.5) is 5.82 Å². The topological polar surface area (TPSA) is 85.8 Å². The lowest BCUT2D eigenvalue weighted by atomic mass is 10.1. The molecule has 2 heterocycles. The lowest BCUT2D eigenvalue weighted by molar-refractivity contribution is -0.113. The number of carbonyl (C=O) groups excluding carboxylic acids is 1. The van der Waals surface area contributed by atoms with E-state index >= 15 is 0 Å². The van der Waals surface area contributed by atoms with E-state index in [1.807, 2.05) is 42.8 Å². The molecule has 0 aliphatic rings. The third-order valence-corrected chi connectivity index (χ3v) is 4.28. The highest BCUT2D eigenvalue weighted by molar-refractivity contribution is 7.99. The number of benzene rings is 1. The third-order valence-electron chi connectivity index (χ3n) is 3.26. The van der Waals surface area contributed by atoms with Gasteiger partial charge < -0.3 is 14.4 Å². The van der Waals surface area contributed by atoms with Crippen molar-refractivity contribution in [2.75, 3.05) is 11.1 Å². The molecule has 3 aromatic rings. The van der Waals surface area contributed by atoms with Crippen molar-refractivity contribution >= 4 is 23.5 Å². The molecule has 23 heavy (non-hydrogen) atoms. The fourth-order valence-electron chi connectivity index (χ4n) is 2.08. The summed E-state index contributed by atoms with van der Waals surface area (Å²) < 4.78 is 6.55. The van der Waals surface area contributed by atoms with Gasteiger partial charge in [0.05, 0.1) is 5.75 Å². The largest absolute Gasteiger partial charge is 0.363 e. The van der Waals surface area contributed by atoms with Gasteiger partial charge in [-0.05, 0) is 12.5 Å². The van der Waals surface area contributed by atoms with Gasteiger partial charge in [-0.15, -0.1) is 10.2 Å². The molecule has 2 aromatic heterocycles. The number of anilines is 1. The number of nitrogens with one attached hydrogen (secondary N) is 1. The SMILES string of the molecule is Cc1ccccc1-c1nnc(SCC(=O)Nc2ccon2)n1C. The number of carbonyl (C=O) groups is 1. The van der Waals surface area contributed by atoms with E-state index in [2.05, 4.69) is 25.2 Å². The van der Waals surface area contributed by atoms with Crippen molar-refractivity contribution in [3.8, 4) is 11.4 Å². The van der Waals surface area contributed by atoms with E-state index in [9.17, 15) is 4.79 Å². The maximum atomic E-state index is 11.9. The Morgan fingerprint density at radius 3 is 2.87 bits per heavy atom. The molecule has 0 aliphatic carbocycles. The van der Waals surface area contributed by atoms with Crippen LogP contribution in [-0.2, 0) is 11.8 Å². The molecule has 118 valence electrons. The van der Waals surface area contributed by atoms with E-state index in [1.54, 1.807) is 6.07 Å². The minimum absolute atomic E-state index is 0.177. The molecule has 0 radical (unpaired) electrons. The number of amides is 1. The molecule has 0 spiro atoms. The zero-order chi connectivity index (χ0) is 16.2. The van der Waals surface area contributed by atoms with Gasteiger partial charge in [0, 0.05) is 18.7 Å². The van der Waals surface area contributed by atoms with Crippen molar-refractivity contribution in [1.82, 2.24) is 19.9 Å².